The second-order valence-corrected chi connectivity index (χ2v) is 4.26. The van der Waals surface area contributed by atoms with E-state index >= 15 is 0 Å². The fourth-order valence-corrected chi connectivity index (χ4v) is 1.46. The van der Waals surface area contributed by atoms with Crippen molar-refractivity contribution in [1.29, 1.82) is 0 Å². The molecule has 16 heavy (non-hydrogen) atoms. The minimum absolute atomic E-state index is 0.0387. The highest BCUT2D eigenvalue weighted by atomic mass is 16.1. The van der Waals surface area contributed by atoms with Crippen LogP contribution >= 0.6 is 0 Å². The number of rotatable bonds is 4. The molecule has 4 heteroatoms. The van der Waals surface area contributed by atoms with E-state index in [9.17, 15) is 4.79 Å². The number of carbonyl (C=O) groups excluding carboxylic acids is 1. The van der Waals surface area contributed by atoms with Crippen molar-refractivity contribution in [3.8, 4) is 0 Å². The lowest BCUT2D eigenvalue weighted by molar-refractivity contribution is -0.120. The van der Waals surface area contributed by atoms with Crippen LogP contribution in [0, 0.1) is 18.8 Å². The molecule has 1 aromatic rings. The van der Waals surface area contributed by atoms with Crippen molar-refractivity contribution in [2.75, 3.05) is 11.9 Å². The van der Waals surface area contributed by atoms with E-state index < -0.39 is 0 Å². The van der Waals surface area contributed by atoms with Gasteiger partial charge in [0.25, 0.3) is 0 Å². The second kappa shape index (κ2) is 5.61. The minimum Gasteiger partial charge on any atom is -0.330 e. The quantitative estimate of drug-likeness (QED) is 0.810. The Morgan fingerprint density at radius 3 is 2.62 bits per heavy atom. The molecule has 0 aliphatic carbocycles. The summed E-state index contributed by atoms with van der Waals surface area (Å²) >= 11 is 0. The number of hydrogen-bond acceptors (Lipinski definition) is 3. The van der Waals surface area contributed by atoms with Crippen LogP contribution in [0.3, 0.4) is 0 Å². The standard InChI is InChI=1S/C12H19N3O/c1-8(2)11(6-13)12(16)15-10-5-4-9(3)14-7-10/h4-5,7-8,11H,6,13H2,1-3H3,(H,15,16). The van der Waals surface area contributed by atoms with Gasteiger partial charge in [-0.2, -0.15) is 0 Å². The molecule has 0 aromatic carbocycles. The summed E-state index contributed by atoms with van der Waals surface area (Å²) in [6, 6.07) is 3.70. The van der Waals surface area contributed by atoms with E-state index in [2.05, 4.69) is 10.3 Å². The molecule has 0 saturated carbocycles. The van der Waals surface area contributed by atoms with Gasteiger partial charge in [0.05, 0.1) is 17.8 Å². The molecular weight excluding hydrogens is 202 g/mol. The zero-order chi connectivity index (χ0) is 12.1. The van der Waals surface area contributed by atoms with Crippen molar-refractivity contribution in [2.24, 2.45) is 17.6 Å². The van der Waals surface area contributed by atoms with Crippen LogP contribution < -0.4 is 11.1 Å². The number of amides is 1. The van der Waals surface area contributed by atoms with Crippen LogP contribution in [0.5, 0.6) is 0 Å². The smallest absolute Gasteiger partial charge is 0.229 e. The maximum atomic E-state index is 11.9. The molecule has 1 heterocycles. The molecule has 1 rings (SSSR count). The van der Waals surface area contributed by atoms with E-state index in [0.29, 0.717) is 6.54 Å². The SMILES string of the molecule is Cc1ccc(NC(=O)C(CN)C(C)C)cn1. The van der Waals surface area contributed by atoms with Crippen molar-refractivity contribution < 1.29 is 4.79 Å². The van der Waals surface area contributed by atoms with Crippen molar-refractivity contribution >= 4 is 11.6 Å². The highest BCUT2D eigenvalue weighted by molar-refractivity contribution is 5.92. The Labute approximate surface area is 96.3 Å². The normalized spacial score (nSPS) is 12.6. The number of nitrogens with zero attached hydrogens (tertiary/aromatic N) is 1. The Kier molecular flexibility index (Phi) is 4.43. The van der Waals surface area contributed by atoms with E-state index in [1.165, 1.54) is 0 Å². The van der Waals surface area contributed by atoms with Gasteiger partial charge in [0.15, 0.2) is 0 Å². The molecular formula is C12H19N3O. The fourth-order valence-electron chi connectivity index (χ4n) is 1.46. The van der Waals surface area contributed by atoms with Gasteiger partial charge in [0, 0.05) is 12.2 Å². The van der Waals surface area contributed by atoms with Gasteiger partial charge in [0.2, 0.25) is 5.91 Å². The first-order chi connectivity index (χ1) is 7.54. The van der Waals surface area contributed by atoms with Gasteiger partial charge < -0.3 is 11.1 Å². The van der Waals surface area contributed by atoms with Gasteiger partial charge in [-0.25, -0.2) is 0 Å². The maximum absolute atomic E-state index is 11.9. The van der Waals surface area contributed by atoms with E-state index in [0.717, 1.165) is 11.4 Å². The molecule has 1 aromatic heterocycles. The van der Waals surface area contributed by atoms with Crippen molar-refractivity contribution in [2.45, 2.75) is 20.8 Å². The van der Waals surface area contributed by atoms with Gasteiger partial charge in [-0.3, -0.25) is 9.78 Å². The summed E-state index contributed by atoms with van der Waals surface area (Å²) in [6.45, 7) is 6.25. The highest BCUT2D eigenvalue weighted by Gasteiger charge is 2.20. The molecule has 0 spiro atoms. The topological polar surface area (TPSA) is 68.0 Å². The number of aryl methyl sites for hydroxylation is 1. The molecule has 0 aliphatic heterocycles. The second-order valence-electron chi connectivity index (χ2n) is 4.26. The van der Waals surface area contributed by atoms with Crippen LogP contribution in [0.25, 0.3) is 0 Å². The minimum atomic E-state index is -0.152. The van der Waals surface area contributed by atoms with Gasteiger partial charge >= 0.3 is 0 Å². The molecule has 0 fully saturated rings. The molecule has 1 amide bonds. The summed E-state index contributed by atoms with van der Waals surface area (Å²) in [5.41, 5.74) is 7.22. The third-order valence-corrected chi connectivity index (χ3v) is 2.57. The lowest BCUT2D eigenvalue weighted by Crippen LogP contribution is -2.33. The van der Waals surface area contributed by atoms with E-state index in [1.54, 1.807) is 6.20 Å². The Balaban J connectivity index is 2.66. The van der Waals surface area contributed by atoms with Gasteiger partial charge in [-0.15, -0.1) is 0 Å². The number of anilines is 1. The Hall–Kier alpha value is -1.42. The molecule has 3 N–H and O–H groups in total. The predicted molar refractivity (Wildman–Crippen MR) is 65.0 cm³/mol. The number of nitrogens with two attached hydrogens (primary N) is 1. The van der Waals surface area contributed by atoms with E-state index in [1.807, 2.05) is 32.9 Å². The maximum Gasteiger partial charge on any atom is 0.229 e. The summed E-state index contributed by atoms with van der Waals surface area (Å²) in [4.78, 5) is 16.0. The van der Waals surface area contributed by atoms with Crippen LogP contribution in [-0.4, -0.2) is 17.4 Å². The summed E-state index contributed by atoms with van der Waals surface area (Å²) in [7, 11) is 0. The van der Waals surface area contributed by atoms with Crippen LogP contribution in [0.1, 0.15) is 19.5 Å². The molecule has 1 atom stereocenters. The van der Waals surface area contributed by atoms with Gasteiger partial charge in [0.1, 0.15) is 0 Å². The number of hydrogen-bond donors (Lipinski definition) is 2. The zero-order valence-electron chi connectivity index (χ0n) is 10.0. The molecule has 0 aliphatic rings. The monoisotopic (exact) mass is 221 g/mol. The molecule has 88 valence electrons. The van der Waals surface area contributed by atoms with Crippen LogP contribution in [0.4, 0.5) is 5.69 Å². The number of nitrogens with one attached hydrogen (secondary N) is 1. The van der Waals surface area contributed by atoms with Crippen LogP contribution in [0.15, 0.2) is 18.3 Å². The van der Waals surface area contributed by atoms with Crippen molar-refractivity contribution in [3.05, 3.63) is 24.0 Å². The molecule has 0 radical (unpaired) electrons. The molecule has 0 bridgehead atoms. The largest absolute Gasteiger partial charge is 0.330 e. The first-order valence-corrected chi connectivity index (χ1v) is 5.48. The van der Waals surface area contributed by atoms with Crippen LogP contribution in [-0.2, 0) is 4.79 Å². The molecule has 0 saturated heterocycles. The first kappa shape index (κ1) is 12.6. The average Bonchev–Trinajstić information content (AvgIpc) is 2.22. The summed E-state index contributed by atoms with van der Waals surface area (Å²) < 4.78 is 0. The third kappa shape index (κ3) is 3.31. The van der Waals surface area contributed by atoms with Gasteiger partial charge in [-0.1, -0.05) is 13.8 Å². The fraction of sp³-hybridized carbons (Fsp3) is 0.500. The van der Waals surface area contributed by atoms with E-state index in [4.69, 9.17) is 5.73 Å². The number of aromatic nitrogens is 1. The lowest BCUT2D eigenvalue weighted by atomic mass is 9.95. The van der Waals surface area contributed by atoms with Crippen molar-refractivity contribution in [1.82, 2.24) is 4.98 Å². The Morgan fingerprint density at radius 1 is 1.50 bits per heavy atom. The lowest BCUT2D eigenvalue weighted by Gasteiger charge is -2.18. The summed E-state index contributed by atoms with van der Waals surface area (Å²) in [5, 5.41) is 2.82. The van der Waals surface area contributed by atoms with Crippen molar-refractivity contribution in [3.63, 3.8) is 0 Å². The zero-order valence-corrected chi connectivity index (χ0v) is 10.0. The highest BCUT2D eigenvalue weighted by Crippen LogP contribution is 2.13. The van der Waals surface area contributed by atoms with Gasteiger partial charge in [-0.05, 0) is 25.0 Å². The summed E-state index contributed by atoms with van der Waals surface area (Å²) in [6.07, 6.45) is 1.65. The molecule has 1 unspecified atom stereocenters. The average molecular weight is 221 g/mol. The Bertz CT molecular complexity index is 346. The molecule has 4 nitrogen and oxygen atoms in total. The first-order valence-electron chi connectivity index (χ1n) is 5.48. The summed E-state index contributed by atoms with van der Waals surface area (Å²) in [5.74, 6) is 0.0489. The third-order valence-electron chi connectivity index (χ3n) is 2.57. The number of carbonyl (C=O) groups is 1. The Morgan fingerprint density at radius 2 is 2.19 bits per heavy atom. The predicted octanol–water partition coefficient (Wildman–Crippen LogP) is 1.56. The van der Waals surface area contributed by atoms with Crippen LogP contribution in [0.2, 0.25) is 0 Å². The number of pyridine rings is 1. The van der Waals surface area contributed by atoms with E-state index in [-0.39, 0.29) is 17.7 Å².